The normalized spacial score (nSPS) is 10.7. The molecule has 0 atom stereocenters. The van der Waals surface area contributed by atoms with Crippen molar-refractivity contribution in [3.8, 4) is 0 Å². The van der Waals surface area contributed by atoms with Gasteiger partial charge in [-0.1, -0.05) is 24.3 Å². The second kappa shape index (κ2) is 4.53. The van der Waals surface area contributed by atoms with E-state index in [1.807, 2.05) is 30.3 Å². The molecule has 0 aliphatic carbocycles. The highest BCUT2D eigenvalue weighted by atomic mass is 16.4. The minimum Gasteiger partial charge on any atom is -0.476 e. The summed E-state index contributed by atoms with van der Waals surface area (Å²) in [4.78, 5) is 15.2. The van der Waals surface area contributed by atoms with Crippen LogP contribution >= 0.6 is 0 Å². The topological polar surface area (TPSA) is 68.0 Å². The van der Waals surface area contributed by atoms with Crippen molar-refractivity contribution in [1.29, 1.82) is 0 Å². The molecule has 0 aliphatic heterocycles. The van der Waals surface area contributed by atoms with Gasteiger partial charge < -0.3 is 5.11 Å². The van der Waals surface area contributed by atoms with Crippen molar-refractivity contribution in [2.24, 2.45) is 0 Å². The van der Waals surface area contributed by atoms with Crippen LogP contribution in [0.25, 0.3) is 10.9 Å². The Morgan fingerprint density at radius 1 is 1.21 bits per heavy atom. The maximum Gasteiger partial charge on any atom is 0.357 e. The number of aromatic nitrogens is 3. The van der Waals surface area contributed by atoms with E-state index in [1.54, 1.807) is 23.1 Å². The Bertz CT molecular complexity index is 735. The van der Waals surface area contributed by atoms with E-state index in [0.717, 1.165) is 11.1 Å². The number of hydrogen-bond donors (Lipinski definition) is 1. The first-order chi connectivity index (χ1) is 9.25. The van der Waals surface area contributed by atoms with E-state index in [-0.39, 0.29) is 5.69 Å². The summed E-state index contributed by atoms with van der Waals surface area (Å²) < 4.78 is 1.69. The Labute approximate surface area is 109 Å². The fourth-order valence-corrected chi connectivity index (χ4v) is 2.07. The molecule has 0 radical (unpaired) electrons. The summed E-state index contributed by atoms with van der Waals surface area (Å²) in [7, 11) is 0. The predicted molar refractivity (Wildman–Crippen MR) is 70.0 cm³/mol. The van der Waals surface area contributed by atoms with Crippen LogP contribution in [0.1, 0.15) is 16.1 Å². The average Bonchev–Trinajstić information content (AvgIpc) is 2.79. The van der Waals surface area contributed by atoms with Gasteiger partial charge in [0.05, 0.1) is 12.1 Å². The van der Waals surface area contributed by atoms with Crippen LogP contribution in [0.15, 0.2) is 48.8 Å². The molecule has 0 saturated heterocycles. The molecular weight excluding hydrogens is 242 g/mol. The monoisotopic (exact) mass is 253 g/mol. The molecule has 0 aliphatic rings. The van der Waals surface area contributed by atoms with Crippen LogP contribution in [0, 0.1) is 0 Å². The molecule has 1 N–H and O–H groups in total. The summed E-state index contributed by atoms with van der Waals surface area (Å²) in [6.45, 7) is 0.502. The number of pyridine rings is 1. The summed E-state index contributed by atoms with van der Waals surface area (Å²) in [6.07, 6.45) is 3.45. The lowest BCUT2D eigenvalue weighted by molar-refractivity contribution is 0.0691. The lowest BCUT2D eigenvalue weighted by atomic mass is 10.2. The molecule has 5 heteroatoms. The third-order valence-corrected chi connectivity index (χ3v) is 2.92. The van der Waals surface area contributed by atoms with Crippen molar-refractivity contribution >= 4 is 16.9 Å². The maximum atomic E-state index is 11.2. The van der Waals surface area contributed by atoms with Gasteiger partial charge in [0.25, 0.3) is 0 Å². The Balaban J connectivity index is 2.11. The third kappa shape index (κ3) is 2.06. The van der Waals surface area contributed by atoms with Crippen LogP contribution in [-0.4, -0.2) is 25.8 Å². The van der Waals surface area contributed by atoms with Gasteiger partial charge in [0.2, 0.25) is 0 Å². The Hall–Kier alpha value is -2.69. The number of rotatable bonds is 3. The van der Waals surface area contributed by atoms with Crippen LogP contribution in [0.2, 0.25) is 0 Å². The van der Waals surface area contributed by atoms with Crippen molar-refractivity contribution in [3.05, 3.63) is 60.0 Å². The molecule has 5 nitrogen and oxygen atoms in total. The van der Waals surface area contributed by atoms with Crippen LogP contribution in [0.5, 0.6) is 0 Å². The minimum absolute atomic E-state index is 0.0829. The van der Waals surface area contributed by atoms with Crippen molar-refractivity contribution in [1.82, 2.24) is 14.8 Å². The molecular formula is C14H11N3O2. The van der Waals surface area contributed by atoms with Gasteiger partial charge in [0.15, 0.2) is 5.69 Å². The van der Waals surface area contributed by atoms with Gasteiger partial charge in [0.1, 0.15) is 0 Å². The average molecular weight is 253 g/mol. The van der Waals surface area contributed by atoms with Crippen LogP contribution in [0.3, 0.4) is 0 Å². The zero-order chi connectivity index (χ0) is 13.2. The molecule has 0 saturated carbocycles. The van der Waals surface area contributed by atoms with Crippen molar-refractivity contribution in [2.45, 2.75) is 6.54 Å². The van der Waals surface area contributed by atoms with Gasteiger partial charge in [-0.3, -0.25) is 9.67 Å². The molecule has 3 rings (SSSR count). The van der Waals surface area contributed by atoms with Crippen LogP contribution < -0.4 is 0 Å². The number of carbonyl (C=O) groups is 1. The SMILES string of the molecule is O=C(O)c1nn(Cc2cccnc2)c2ccccc12. The molecule has 0 spiro atoms. The first-order valence-electron chi connectivity index (χ1n) is 5.83. The quantitative estimate of drug-likeness (QED) is 0.776. The van der Waals surface area contributed by atoms with Crippen molar-refractivity contribution in [3.63, 3.8) is 0 Å². The summed E-state index contributed by atoms with van der Waals surface area (Å²) in [5.41, 5.74) is 1.87. The van der Waals surface area contributed by atoms with Gasteiger partial charge in [-0.15, -0.1) is 0 Å². The molecule has 0 amide bonds. The smallest absolute Gasteiger partial charge is 0.357 e. The Kier molecular flexibility index (Phi) is 2.72. The minimum atomic E-state index is -1.01. The number of para-hydroxylation sites is 1. The largest absolute Gasteiger partial charge is 0.476 e. The van der Waals surface area contributed by atoms with E-state index < -0.39 is 5.97 Å². The van der Waals surface area contributed by atoms with E-state index in [0.29, 0.717) is 11.9 Å². The van der Waals surface area contributed by atoms with Crippen LogP contribution in [-0.2, 0) is 6.54 Å². The standard InChI is InChI=1S/C14H11N3O2/c18-14(19)13-11-5-1-2-6-12(11)17(16-13)9-10-4-3-7-15-8-10/h1-8H,9H2,(H,18,19). The van der Waals surface area contributed by atoms with Crippen molar-refractivity contribution < 1.29 is 9.90 Å². The van der Waals surface area contributed by atoms with Gasteiger partial charge in [-0.25, -0.2) is 4.79 Å². The van der Waals surface area contributed by atoms with E-state index in [4.69, 9.17) is 0 Å². The molecule has 94 valence electrons. The molecule has 3 aromatic rings. The molecule has 0 fully saturated rings. The maximum absolute atomic E-state index is 11.2. The molecule has 2 aromatic heterocycles. The fourth-order valence-electron chi connectivity index (χ4n) is 2.07. The highest BCUT2D eigenvalue weighted by molar-refractivity contribution is 6.01. The van der Waals surface area contributed by atoms with Gasteiger partial charge in [0, 0.05) is 17.8 Å². The molecule has 2 heterocycles. The first-order valence-corrected chi connectivity index (χ1v) is 5.83. The first kappa shape index (κ1) is 11.4. The summed E-state index contributed by atoms with van der Waals surface area (Å²) in [5, 5.41) is 14.0. The molecule has 19 heavy (non-hydrogen) atoms. The summed E-state index contributed by atoms with van der Waals surface area (Å²) in [5.74, 6) is -1.01. The fraction of sp³-hybridized carbons (Fsp3) is 0.0714. The lowest BCUT2D eigenvalue weighted by Crippen LogP contribution is -2.04. The van der Waals surface area contributed by atoms with Gasteiger partial charge >= 0.3 is 5.97 Å². The predicted octanol–water partition coefficient (Wildman–Crippen LogP) is 2.18. The third-order valence-electron chi connectivity index (χ3n) is 2.92. The zero-order valence-corrected chi connectivity index (χ0v) is 10.0. The van der Waals surface area contributed by atoms with Gasteiger partial charge in [-0.05, 0) is 17.7 Å². The highest BCUT2D eigenvalue weighted by Gasteiger charge is 2.15. The molecule has 0 bridgehead atoms. The number of nitrogens with zero attached hydrogens (tertiary/aromatic N) is 3. The summed E-state index contributed by atoms with van der Waals surface area (Å²) in [6, 6.07) is 11.1. The number of carboxylic acid groups (broad SMARTS) is 1. The Morgan fingerprint density at radius 3 is 2.79 bits per heavy atom. The zero-order valence-electron chi connectivity index (χ0n) is 10.0. The highest BCUT2D eigenvalue weighted by Crippen LogP contribution is 2.19. The Morgan fingerprint density at radius 2 is 2.05 bits per heavy atom. The van der Waals surface area contributed by atoms with Gasteiger partial charge in [-0.2, -0.15) is 5.10 Å². The molecule has 1 aromatic carbocycles. The van der Waals surface area contributed by atoms with E-state index in [9.17, 15) is 9.90 Å². The number of aromatic carboxylic acids is 1. The molecule has 0 unspecified atom stereocenters. The number of fused-ring (bicyclic) bond motifs is 1. The second-order valence-corrected chi connectivity index (χ2v) is 4.19. The lowest BCUT2D eigenvalue weighted by Gasteiger charge is -2.02. The summed E-state index contributed by atoms with van der Waals surface area (Å²) >= 11 is 0. The van der Waals surface area contributed by atoms with E-state index in [2.05, 4.69) is 10.1 Å². The van der Waals surface area contributed by atoms with E-state index >= 15 is 0 Å². The van der Waals surface area contributed by atoms with Crippen molar-refractivity contribution in [2.75, 3.05) is 0 Å². The number of hydrogen-bond acceptors (Lipinski definition) is 3. The van der Waals surface area contributed by atoms with Crippen LogP contribution in [0.4, 0.5) is 0 Å². The number of carboxylic acids is 1. The number of benzene rings is 1. The van der Waals surface area contributed by atoms with E-state index in [1.165, 1.54) is 0 Å². The second-order valence-electron chi connectivity index (χ2n) is 4.19.